The molecule has 0 aliphatic rings. The fourth-order valence-corrected chi connectivity index (χ4v) is 1.92. The third kappa shape index (κ3) is 3.94. The smallest absolute Gasteiger partial charge is 0.331 e. The molecule has 0 radical (unpaired) electrons. The molecule has 2 N–H and O–H groups in total. The first kappa shape index (κ1) is 15.5. The second kappa shape index (κ2) is 6.04. The highest BCUT2D eigenvalue weighted by molar-refractivity contribution is 6.31. The number of aryl methyl sites for hydroxylation is 1. The Morgan fingerprint density at radius 1 is 1.42 bits per heavy atom. The number of ether oxygens (including phenoxy) is 1. The number of carbonyl (C=O) groups is 2. The number of carbonyl (C=O) groups excluding carboxylic acids is 1. The molecule has 0 saturated carbocycles. The summed E-state index contributed by atoms with van der Waals surface area (Å²) >= 11 is 5.87. The number of methoxy groups -OCH3 is 1. The van der Waals surface area contributed by atoms with Crippen LogP contribution in [0.3, 0.4) is 0 Å². The fraction of sp³-hybridized carbons (Fsp3) is 0.385. The molecule has 1 aromatic carbocycles. The van der Waals surface area contributed by atoms with Gasteiger partial charge >= 0.3 is 5.97 Å². The normalized spacial score (nSPS) is 13.7. The van der Waals surface area contributed by atoms with Crippen molar-refractivity contribution in [3.8, 4) is 0 Å². The van der Waals surface area contributed by atoms with Gasteiger partial charge in [0.2, 0.25) is 0 Å². The summed E-state index contributed by atoms with van der Waals surface area (Å²) in [5.41, 5.74) is -0.350. The molecule has 0 aromatic heterocycles. The molecular formula is C13H16ClNO4. The van der Waals surface area contributed by atoms with Gasteiger partial charge in [0.15, 0.2) is 5.54 Å². The molecule has 1 rings (SSSR count). The second-order valence-corrected chi connectivity index (χ2v) is 4.98. The van der Waals surface area contributed by atoms with Gasteiger partial charge < -0.3 is 15.2 Å². The monoisotopic (exact) mass is 285 g/mol. The van der Waals surface area contributed by atoms with E-state index in [1.54, 1.807) is 19.1 Å². The Hall–Kier alpha value is -1.59. The lowest BCUT2D eigenvalue weighted by atomic mass is 10.0. The van der Waals surface area contributed by atoms with Crippen LogP contribution in [0.4, 0.5) is 0 Å². The highest BCUT2D eigenvalue weighted by atomic mass is 35.5. The summed E-state index contributed by atoms with van der Waals surface area (Å²) in [5, 5.41) is 12.0. The number of carboxylic acids is 1. The summed E-state index contributed by atoms with van der Waals surface area (Å²) in [5.74, 6) is -1.67. The maximum Gasteiger partial charge on any atom is 0.331 e. The van der Waals surface area contributed by atoms with E-state index >= 15 is 0 Å². The van der Waals surface area contributed by atoms with E-state index < -0.39 is 17.4 Å². The number of rotatable bonds is 5. The van der Waals surface area contributed by atoms with Crippen molar-refractivity contribution in [1.82, 2.24) is 5.32 Å². The van der Waals surface area contributed by atoms with Crippen molar-refractivity contribution >= 4 is 23.5 Å². The van der Waals surface area contributed by atoms with E-state index in [4.69, 9.17) is 21.4 Å². The number of hydrogen-bond acceptors (Lipinski definition) is 3. The van der Waals surface area contributed by atoms with Crippen LogP contribution in [0.2, 0.25) is 5.02 Å². The summed E-state index contributed by atoms with van der Waals surface area (Å²) in [4.78, 5) is 23.2. The van der Waals surface area contributed by atoms with Gasteiger partial charge in [-0.25, -0.2) is 4.79 Å². The minimum absolute atomic E-state index is 0.131. The van der Waals surface area contributed by atoms with Crippen molar-refractivity contribution in [1.29, 1.82) is 0 Å². The standard InChI is InChI=1S/C13H16ClNO4/c1-8-4-9(6-10(14)5-8)11(16)15-13(2,7-19-3)12(17)18/h4-6H,7H2,1-3H3,(H,15,16)(H,17,18). The highest BCUT2D eigenvalue weighted by Gasteiger charge is 2.35. The van der Waals surface area contributed by atoms with Crippen LogP contribution in [0.5, 0.6) is 0 Å². The minimum atomic E-state index is -1.48. The van der Waals surface area contributed by atoms with Crippen LogP contribution in [-0.2, 0) is 9.53 Å². The minimum Gasteiger partial charge on any atom is -0.479 e. The molecule has 0 saturated heterocycles. The van der Waals surface area contributed by atoms with Crippen molar-refractivity contribution in [2.24, 2.45) is 0 Å². The van der Waals surface area contributed by atoms with Crippen LogP contribution in [0.25, 0.3) is 0 Å². The highest BCUT2D eigenvalue weighted by Crippen LogP contribution is 2.15. The Morgan fingerprint density at radius 2 is 2.05 bits per heavy atom. The molecule has 19 heavy (non-hydrogen) atoms. The van der Waals surface area contributed by atoms with Crippen molar-refractivity contribution in [2.45, 2.75) is 19.4 Å². The first-order valence-corrected chi connectivity index (χ1v) is 5.98. The quantitative estimate of drug-likeness (QED) is 0.866. The van der Waals surface area contributed by atoms with Crippen LogP contribution < -0.4 is 5.32 Å². The largest absolute Gasteiger partial charge is 0.479 e. The number of hydrogen-bond donors (Lipinski definition) is 2. The summed E-state index contributed by atoms with van der Waals surface area (Å²) in [6.45, 7) is 3.05. The average Bonchev–Trinajstić information content (AvgIpc) is 2.27. The third-order valence-corrected chi connectivity index (χ3v) is 2.82. The Balaban J connectivity index is 2.97. The zero-order chi connectivity index (χ0) is 14.6. The Kier molecular flexibility index (Phi) is 4.91. The number of nitrogens with one attached hydrogen (secondary N) is 1. The number of halogens is 1. The third-order valence-electron chi connectivity index (χ3n) is 2.60. The zero-order valence-electron chi connectivity index (χ0n) is 11.0. The van der Waals surface area contributed by atoms with E-state index in [0.29, 0.717) is 10.6 Å². The van der Waals surface area contributed by atoms with E-state index in [2.05, 4.69) is 5.32 Å². The summed E-state index contributed by atoms with van der Waals surface area (Å²) in [7, 11) is 1.37. The number of amides is 1. The Bertz CT molecular complexity index is 483. The molecule has 1 aromatic rings. The van der Waals surface area contributed by atoms with Crippen LogP contribution in [0, 0.1) is 6.92 Å². The lowest BCUT2D eigenvalue weighted by Crippen LogP contribution is -2.55. The van der Waals surface area contributed by atoms with Crippen molar-refractivity contribution in [3.63, 3.8) is 0 Å². The Morgan fingerprint density at radius 3 is 2.53 bits per heavy atom. The van der Waals surface area contributed by atoms with Gasteiger partial charge in [0.25, 0.3) is 5.91 Å². The maximum absolute atomic E-state index is 12.1. The lowest BCUT2D eigenvalue weighted by Gasteiger charge is -2.25. The molecule has 0 spiro atoms. The molecule has 5 nitrogen and oxygen atoms in total. The molecule has 0 fully saturated rings. The predicted octanol–water partition coefficient (Wildman–Crippen LogP) is 1.87. The van der Waals surface area contributed by atoms with Crippen molar-refractivity contribution in [2.75, 3.05) is 13.7 Å². The molecule has 0 aliphatic heterocycles. The van der Waals surface area contributed by atoms with E-state index in [9.17, 15) is 9.59 Å². The van der Waals surface area contributed by atoms with Crippen LogP contribution in [-0.4, -0.2) is 36.2 Å². The molecule has 0 bridgehead atoms. The van der Waals surface area contributed by atoms with Crippen molar-refractivity contribution < 1.29 is 19.4 Å². The van der Waals surface area contributed by atoms with Gasteiger partial charge in [-0.15, -0.1) is 0 Å². The van der Waals surface area contributed by atoms with Crippen LogP contribution >= 0.6 is 11.6 Å². The van der Waals surface area contributed by atoms with Gasteiger partial charge in [0.1, 0.15) is 0 Å². The first-order valence-electron chi connectivity index (χ1n) is 5.60. The molecule has 0 aliphatic carbocycles. The lowest BCUT2D eigenvalue weighted by molar-refractivity contribution is -0.145. The van der Waals surface area contributed by atoms with Gasteiger partial charge in [-0.2, -0.15) is 0 Å². The number of carboxylic acid groups (broad SMARTS) is 1. The van der Waals surface area contributed by atoms with E-state index in [0.717, 1.165) is 5.56 Å². The molecule has 0 heterocycles. The van der Waals surface area contributed by atoms with Crippen LogP contribution in [0.1, 0.15) is 22.8 Å². The second-order valence-electron chi connectivity index (χ2n) is 4.54. The maximum atomic E-state index is 12.1. The molecule has 6 heteroatoms. The van der Waals surface area contributed by atoms with Gasteiger partial charge in [-0.05, 0) is 37.6 Å². The number of aliphatic carboxylic acids is 1. The Labute approximate surface area is 116 Å². The zero-order valence-corrected chi connectivity index (χ0v) is 11.7. The van der Waals surface area contributed by atoms with Gasteiger partial charge in [0, 0.05) is 17.7 Å². The van der Waals surface area contributed by atoms with Gasteiger partial charge in [-0.1, -0.05) is 11.6 Å². The van der Waals surface area contributed by atoms with E-state index in [1.807, 2.05) is 0 Å². The molecular weight excluding hydrogens is 270 g/mol. The van der Waals surface area contributed by atoms with Gasteiger partial charge in [0.05, 0.1) is 6.61 Å². The summed E-state index contributed by atoms with van der Waals surface area (Å²) in [6.07, 6.45) is 0. The average molecular weight is 286 g/mol. The predicted molar refractivity (Wildman–Crippen MR) is 71.6 cm³/mol. The van der Waals surface area contributed by atoms with Crippen molar-refractivity contribution in [3.05, 3.63) is 34.3 Å². The van der Waals surface area contributed by atoms with Gasteiger partial charge in [-0.3, -0.25) is 4.79 Å². The molecule has 1 unspecified atom stereocenters. The summed E-state index contributed by atoms with van der Waals surface area (Å²) in [6, 6.07) is 4.83. The topological polar surface area (TPSA) is 75.6 Å². The summed E-state index contributed by atoms with van der Waals surface area (Å²) < 4.78 is 4.83. The van der Waals surface area contributed by atoms with E-state index in [-0.39, 0.29) is 6.61 Å². The first-order chi connectivity index (χ1) is 8.78. The number of benzene rings is 1. The molecule has 1 atom stereocenters. The fourth-order valence-electron chi connectivity index (χ4n) is 1.63. The van der Waals surface area contributed by atoms with E-state index in [1.165, 1.54) is 20.1 Å². The SMILES string of the molecule is COCC(C)(NC(=O)c1cc(C)cc(Cl)c1)C(=O)O. The molecule has 1 amide bonds. The molecule has 104 valence electrons. The van der Waals surface area contributed by atoms with Crippen LogP contribution in [0.15, 0.2) is 18.2 Å².